The van der Waals surface area contributed by atoms with Gasteiger partial charge in [0.1, 0.15) is 5.52 Å². The van der Waals surface area contributed by atoms with Crippen LogP contribution in [0.5, 0.6) is 0 Å². The first-order chi connectivity index (χ1) is 7.43. The Labute approximate surface area is 127 Å². The molecule has 0 spiro atoms. The third-order valence-corrected chi connectivity index (χ3v) is 5.94. The van der Waals surface area contributed by atoms with E-state index in [0.29, 0.717) is 0 Å². The molecule has 0 saturated carbocycles. The van der Waals surface area contributed by atoms with E-state index in [-0.39, 0.29) is 0 Å². The number of rotatable bonds is 1. The van der Waals surface area contributed by atoms with E-state index in [1.165, 1.54) is 0 Å². The Balaban J connectivity index is 2.97. The Morgan fingerprint density at radius 2 is 1.62 bits per heavy atom. The summed E-state index contributed by atoms with van der Waals surface area (Å²) in [4.78, 5) is 9.63. The molecule has 7 heteroatoms. The second-order valence-electron chi connectivity index (χ2n) is 3.44. The molecule has 2 aromatic rings. The SMILES string of the molecule is CN(C)c1c(Br)c(Br)c(Br)c2nc(Br)[nH]c12. The molecule has 0 bridgehead atoms. The summed E-state index contributed by atoms with van der Waals surface area (Å²) in [5, 5.41) is 0. The number of halogens is 4. The van der Waals surface area contributed by atoms with Crippen LogP contribution in [-0.4, -0.2) is 24.1 Å². The minimum atomic E-state index is 0.719. The summed E-state index contributed by atoms with van der Waals surface area (Å²) in [5.41, 5.74) is 2.94. The number of H-pyrrole nitrogens is 1. The summed E-state index contributed by atoms with van der Waals surface area (Å²) < 4.78 is 3.61. The highest BCUT2D eigenvalue weighted by molar-refractivity contribution is 9.14. The van der Waals surface area contributed by atoms with E-state index in [0.717, 1.165) is 34.9 Å². The molecule has 1 heterocycles. The van der Waals surface area contributed by atoms with Gasteiger partial charge in [-0.15, -0.1) is 0 Å². The highest BCUT2D eigenvalue weighted by Crippen LogP contribution is 2.44. The van der Waals surface area contributed by atoms with E-state index < -0.39 is 0 Å². The molecular formula is C9H7Br4N3. The number of fused-ring (bicyclic) bond motifs is 1. The Hall–Kier alpha value is 0.410. The first-order valence-corrected chi connectivity index (χ1v) is 7.49. The first-order valence-electron chi connectivity index (χ1n) is 4.32. The lowest BCUT2D eigenvalue weighted by Gasteiger charge is -2.17. The van der Waals surface area contributed by atoms with Crippen LogP contribution in [-0.2, 0) is 0 Å². The van der Waals surface area contributed by atoms with Crippen molar-refractivity contribution in [3.63, 3.8) is 0 Å². The first kappa shape index (κ1) is 12.9. The highest BCUT2D eigenvalue weighted by atomic mass is 79.9. The molecule has 1 aromatic heterocycles. The fourth-order valence-corrected chi connectivity index (χ4v) is 3.76. The van der Waals surface area contributed by atoms with Gasteiger partial charge in [-0.25, -0.2) is 4.98 Å². The molecule has 0 saturated heterocycles. The van der Waals surface area contributed by atoms with Crippen LogP contribution in [0.4, 0.5) is 5.69 Å². The number of anilines is 1. The molecule has 16 heavy (non-hydrogen) atoms. The Morgan fingerprint density at radius 3 is 2.19 bits per heavy atom. The van der Waals surface area contributed by atoms with Crippen molar-refractivity contribution in [3.8, 4) is 0 Å². The second kappa shape index (κ2) is 4.59. The molecule has 86 valence electrons. The smallest absolute Gasteiger partial charge is 0.175 e. The predicted molar refractivity (Wildman–Crippen MR) is 81.2 cm³/mol. The van der Waals surface area contributed by atoms with Crippen molar-refractivity contribution in [1.82, 2.24) is 9.97 Å². The van der Waals surface area contributed by atoms with Crippen LogP contribution >= 0.6 is 63.7 Å². The van der Waals surface area contributed by atoms with Crippen molar-refractivity contribution in [2.24, 2.45) is 0 Å². The third-order valence-electron chi connectivity index (χ3n) is 2.16. The quantitative estimate of drug-likeness (QED) is 0.606. The van der Waals surface area contributed by atoms with E-state index >= 15 is 0 Å². The van der Waals surface area contributed by atoms with Gasteiger partial charge in [-0.2, -0.15) is 0 Å². The number of hydrogen-bond donors (Lipinski definition) is 1. The molecule has 0 amide bonds. The van der Waals surface area contributed by atoms with Crippen LogP contribution in [0, 0.1) is 0 Å². The zero-order chi connectivity index (χ0) is 12.0. The van der Waals surface area contributed by atoms with Gasteiger partial charge in [0.2, 0.25) is 0 Å². The number of aromatic nitrogens is 2. The van der Waals surface area contributed by atoms with E-state index in [4.69, 9.17) is 0 Å². The Kier molecular flexibility index (Phi) is 3.69. The number of nitrogens with one attached hydrogen (secondary N) is 1. The van der Waals surface area contributed by atoms with Gasteiger partial charge in [-0.05, 0) is 63.7 Å². The van der Waals surface area contributed by atoms with Crippen LogP contribution in [0.1, 0.15) is 0 Å². The van der Waals surface area contributed by atoms with Crippen molar-refractivity contribution in [2.75, 3.05) is 19.0 Å². The van der Waals surface area contributed by atoms with Gasteiger partial charge in [-0.1, -0.05) is 0 Å². The lowest BCUT2D eigenvalue weighted by molar-refractivity contribution is 1.13. The van der Waals surface area contributed by atoms with E-state index in [9.17, 15) is 0 Å². The number of hydrogen-bond acceptors (Lipinski definition) is 2. The molecule has 0 aliphatic carbocycles. The number of benzene rings is 1. The zero-order valence-corrected chi connectivity index (χ0v) is 14.8. The van der Waals surface area contributed by atoms with Crippen LogP contribution in [0.25, 0.3) is 11.0 Å². The molecule has 0 atom stereocenters. The van der Waals surface area contributed by atoms with E-state index in [1.54, 1.807) is 0 Å². The number of aromatic amines is 1. The normalized spacial score (nSPS) is 11.1. The molecule has 0 aliphatic rings. The van der Waals surface area contributed by atoms with Gasteiger partial charge in [0.15, 0.2) is 4.73 Å². The van der Waals surface area contributed by atoms with Gasteiger partial charge in [-0.3, -0.25) is 0 Å². The summed E-state index contributed by atoms with van der Waals surface area (Å²) in [7, 11) is 3.99. The minimum Gasteiger partial charge on any atom is -0.375 e. The molecular weight excluding hydrogens is 470 g/mol. The largest absolute Gasteiger partial charge is 0.375 e. The maximum atomic E-state index is 4.39. The molecule has 0 fully saturated rings. The summed E-state index contributed by atoms with van der Waals surface area (Å²) >= 11 is 14.0. The number of nitrogens with zero attached hydrogens (tertiary/aromatic N) is 2. The molecule has 0 radical (unpaired) electrons. The minimum absolute atomic E-state index is 0.719. The van der Waals surface area contributed by atoms with Crippen molar-refractivity contribution >= 4 is 80.4 Å². The molecule has 3 nitrogen and oxygen atoms in total. The van der Waals surface area contributed by atoms with Crippen LogP contribution in [0.15, 0.2) is 18.2 Å². The van der Waals surface area contributed by atoms with Crippen LogP contribution in [0.3, 0.4) is 0 Å². The topological polar surface area (TPSA) is 31.9 Å². The highest BCUT2D eigenvalue weighted by Gasteiger charge is 2.19. The van der Waals surface area contributed by atoms with Crippen molar-refractivity contribution in [3.05, 3.63) is 18.2 Å². The predicted octanol–water partition coefficient (Wildman–Crippen LogP) is 4.68. The van der Waals surface area contributed by atoms with Gasteiger partial charge >= 0.3 is 0 Å². The monoisotopic (exact) mass is 473 g/mol. The summed E-state index contributed by atoms with van der Waals surface area (Å²) in [6.45, 7) is 0. The maximum absolute atomic E-state index is 4.39. The molecule has 0 aliphatic heterocycles. The number of imidazole rings is 1. The molecule has 1 N–H and O–H groups in total. The van der Waals surface area contributed by atoms with Crippen LogP contribution in [0.2, 0.25) is 0 Å². The second-order valence-corrected chi connectivity index (χ2v) is 6.57. The Bertz CT molecular complexity index is 562. The zero-order valence-electron chi connectivity index (χ0n) is 8.41. The van der Waals surface area contributed by atoms with Crippen molar-refractivity contribution in [1.29, 1.82) is 0 Å². The third kappa shape index (κ3) is 1.95. The fourth-order valence-electron chi connectivity index (χ4n) is 1.51. The Morgan fingerprint density at radius 1 is 1.00 bits per heavy atom. The summed E-state index contributed by atoms with van der Waals surface area (Å²) in [6.07, 6.45) is 0. The molecule has 2 rings (SSSR count). The lowest BCUT2D eigenvalue weighted by atomic mass is 10.2. The molecule has 1 aromatic carbocycles. The van der Waals surface area contributed by atoms with Gasteiger partial charge in [0, 0.05) is 14.1 Å². The van der Waals surface area contributed by atoms with Gasteiger partial charge in [0.25, 0.3) is 0 Å². The fraction of sp³-hybridized carbons (Fsp3) is 0.222. The van der Waals surface area contributed by atoms with E-state index in [2.05, 4.69) is 73.7 Å². The average molecular weight is 477 g/mol. The van der Waals surface area contributed by atoms with Gasteiger partial charge < -0.3 is 9.88 Å². The van der Waals surface area contributed by atoms with Gasteiger partial charge in [0.05, 0.1) is 24.6 Å². The van der Waals surface area contributed by atoms with Crippen molar-refractivity contribution < 1.29 is 0 Å². The summed E-state index contributed by atoms with van der Waals surface area (Å²) in [6, 6.07) is 0. The standard InChI is InChI=1S/C9H7Br4N3/c1-16(2)8-5(12)3(10)4(11)6-7(8)15-9(13)14-6/h1-2H3,(H,14,15). The maximum Gasteiger partial charge on any atom is 0.175 e. The lowest BCUT2D eigenvalue weighted by Crippen LogP contribution is -2.10. The van der Waals surface area contributed by atoms with Crippen LogP contribution < -0.4 is 4.90 Å². The average Bonchev–Trinajstić information content (AvgIpc) is 2.56. The van der Waals surface area contributed by atoms with Crippen molar-refractivity contribution in [2.45, 2.75) is 0 Å². The molecule has 0 unspecified atom stereocenters. The van der Waals surface area contributed by atoms with E-state index in [1.807, 2.05) is 19.0 Å². The summed E-state index contributed by atoms with van der Waals surface area (Å²) in [5.74, 6) is 0.